The van der Waals surface area contributed by atoms with Gasteiger partial charge in [0.2, 0.25) is 5.91 Å². The van der Waals surface area contributed by atoms with Crippen molar-refractivity contribution >= 4 is 23.3 Å². The predicted molar refractivity (Wildman–Crippen MR) is 120 cm³/mol. The van der Waals surface area contributed by atoms with Gasteiger partial charge in [-0.25, -0.2) is 9.18 Å². The predicted octanol–water partition coefficient (Wildman–Crippen LogP) is 4.54. The van der Waals surface area contributed by atoms with E-state index in [0.29, 0.717) is 18.8 Å². The van der Waals surface area contributed by atoms with Gasteiger partial charge in [0.15, 0.2) is 0 Å². The van der Waals surface area contributed by atoms with E-state index in [-0.39, 0.29) is 35.8 Å². The fourth-order valence-corrected chi connectivity index (χ4v) is 4.81. The van der Waals surface area contributed by atoms with Crippen molar-refractivity contribution in [1.29, 1.82) is 0 Å². The zero-order chi connectivity index (χ0) is 22.3. The van der Waals surface area contributed by atoms with Crippen molar-refractivity contribution < 1.29 is 23.5 Å². The maximum absolute atomic E-state index is 14.4. The van der Waals surface area contributed by atoms with Crippen LogP contribution in [0, 0.1) is 11.7 Å². The lowest BCUT2D eigenvalue weighted by Gasteiger charge is -2.28. The van der Waals surface area contributed by atoms with Crippen LogP contribution in [0.25, 0.3) is 0 Å². The highest BCUT2D eigenvalue weighted by Gasteiger charge is 2.27. The number of carbonyl (C=O) groups excluding carboxylic acids is 2. The quantitative estimate of drug-likeness (QED) is 0.643. The summed E-state index contributed by atoms with van der Waals surface area (Å²) < 4.78 is 25.8. The Hall–Kier alpha value is -2.19. The molecule has 2 heterocycles. The molecule has 8 heteroatoms. The van der Waals surface area contributed by atoms with E-state index < -0.39 is 5.82 Å². The molecule has 2 N–H and O–H groups in total. The van der Waals surface area contributed by atoms with Crippen LogP contribution in [-0.4, -0.2) is 55.3 Å². The highest BCUT2D eigenvalue weighted by molar-refractivity contribution is 5.94. The molecule has 4 rings (SSSR count). The number of anilines is 2. The van der Waals surface area contributed by atoms with E-state index in [1.165, 1.54) is 18.2 Å². The van der Waals surface area contributed by atoms with Gasteiger partial charge < -0.3 is 25.0 Å². The number of benzene rings is 1. The first-order chi connectivity index (χ1) is 15.6. The van der Waals surface area contributed by atoms with Crippen molar-refractivity contribution in [1.82, 2.24) is 4.90 Å². The SMILES string of the molecule is O=C(Nc1cc(NC(=O)N(C[C@H]2CCCO2)C[C@@H]2CCCO2)ccc1F)C1CCCCC1. The van der Waals surface area contributed by atoms with Crippen LogP contribution in [0.2, 0.25) is 0 Å². The molecule has 0 aromatic heterocycles. The average Bonchev–Trinajstić information content (AvgIpc) is 3.50. The van der Waals surface area contributed by atoms with Crippen molar-refractivity contribution in [2.24, 2.45) is 5.92 Å². The molecular formula is C24H34FN3O4. The number of hydrogen-bond acceptors (Lipinski definition) is 4. The fourth-order valence-electron chi connectivity index (χ4n) is 4.81. The molecule has 2 saturated heterocycles. The van der Waals surface area contributed by atoms with Crippen LogP contribution >= 0.6 is 0 Å². The summed E-state index contributed by atoms with van der Waals surface area (Å²) in [6.07, 6.45) is 8.81. The van der Waals surface area contributed by atoms with Crippen LogP contribution in [0.4, 0.5) is 20.6 Å². The van der Waals surface area contributed by atoms with Gasteiger partial charge in [-0.2, -0.15) is 0 Å². The van der Waals surface area contributed by atoms with Crippen molar-refractivity contribution in [2.75, 3.05) is 36.9 Å². The van der Waals surface area contributed by atoms with Crippen LogP contribution in [0.1, 0.15) is 57.8 Å². The van der Waals surface area contributed by atoms with Gasteiger partial charge in [-0.05, 0) is 56.7 Å². The van der Waals surface area contributed by atoms with E-state index in [9.17, 15) is 14.0 Å². The molecule has 0 radical (unpaired) electrons. The molecule has 176 valence electrons. The number of amides is 3. The van der Waals surface area contributed by atoms with Crippen molar-refractivity contribution in [2.45, 2.75) is 70.0 Å². The molecular weight excluding hydrogens is 413 g/mol. The molecule has 1 aromatic rings. The van der Waals surface area contributed by atoms with E-state index in [0.717, 1.165) is 71.0 Å². The van der Waals surface area contributed by atoms with E-state index in [1.54, 1.807) is 4.90 Å². The van der Waals surface area contributed by atoms with Gasteiger partial charge >= 0.3 is 6.03 Å². The highest BCUT2D eigenvalue weighted by atomic mass is 19.1. The molecule has 2 aliphatic heterocycles. The van der Waals surface area contributed by atoms with Crippen LogP contribution < -0.4 is 10.6 Å². The monoisotopic (exact) mass is 447 g/mol. The Morgan fingerprint density at radius 1 is 0.906 bits per heavy atom. The molecule has 1 aromatic carbocycles. The third-order valence-electron chi connectivity index (χ3n) is 6.63. The maximum Gasteiger partial charge on any atom is 0.322 e. The summed E-state index contributed by atoms with van der Waals surface area (Å²) >= 11 is 0. The van der Waals surface area contributed by atoms with E-state index in [2.05, 4.69) is 10.6 Å². The lowest BCUT2D eigenvalue weighted by Crippen LogP contribution is -2.44. The molecule has 2 atom stereocenters. The van der Waals surface area contributed by atoms with Gasteiger partial charge in [0, 0.05) is 37.9 Å². The van der Waals surface area contributed by atoms with Gasteiger partial charge in [0.1, 0.15) is 5.82 Å². The van der Waals surface area contributed by atoms with E-state index in [1.807, 2.05) is 0 Å². The van der Waals surface area contributed by atoms with E-state index in [4.69, 9.17) is 9.47 Å². The van der Waals surface area contributed by atoms with Gasteiger partial charge in [0.05, 0.1) is 17.9 Å². The van der Waals surface area contributed by atoms with Gasteiger partial charge in [-0.3, -0.25) is 4.79 Å². The van der Waals surface area contributed by atoms with E-state index >= 15 is 0 Å². The summed E-state index contributed by atoms with van der Waals surface area (Å²) in [7, 11) is 0. The number of nitrogens with one attached hydrogen (secondary N) is 2. The number of hydrogen-bond donors (Lipinski definition) is 2. The summed E-state index contributed by atoms with van der Waals surface area (Å²) in [4.78, 5) is 27.4. The van der Waals surface area contributed by atoms with Crippen LogP contribution in [0.5, 0.6) is 0 Å². The Kier molecular flexibility index (Phi) is 7.97. The summed E-state index contributed by atoms with van der Waals surface area (Å²) in [6.45, 7) is 2.44. The first-order valence-electron chi connectivity index (χ1n) is 12.0. The lowest BCUT2D eigenvalue weighted by molar-refractivity contribution is -0.120. The lowest BCUT2D eigenvalue weighted by atomic mass is 9.88. The molecule has 0 unspecified atom stereocenters. The number of carbonyl (C=O) groups is 2. The second-order valence-corrected chi connectivity index (χ2v) is 9.12. The normalized spacial score (nSPS) is 23.8. The Morgan fingerprint density at radius 2 is 1.56 bits per heavy atom. The maximum atomic E-state index is 14.4. The Labute approximate surface area is 189 Å². The highest BCUT2D eigenvalue weighted by Crippen LogP contribution is 2.27. The van der Waals surface area contributed by atoms with Crippen LogP contribution in [0.15, 0.2) is 18.2 Å². The van der Waals surface area contributed by atoms with Crippen molar-refractivity contribution in [3.05, 3.63) is 24.0 Å². The van der Waals surface area contributed by atoms with Gasteiger partial charge in [-0.1, -0.05) is 19.3 Å². The average molecular weight is 448 g/mol. The number of halogens is 1. The molecule has 3 aliphatic rings. The smallest absolute Gasteiger partial charge is 0.322 e. The zero-order valence-electron chi connectivity index (χ0n) is 18.6. The molecule has 1 aliphatic carbocycles. The minimum Gasteiger partial charge on any atom is -0.376 e. The number of rotatable bonds is 7. The minimum absolute atomic E-state index is 0.0284. The number of urea groups is 1. The molecule has 3 fully saturated rings. The minimum atomic E-state index is -0.511. The molecule has 0 bridgehead atoms. The Morgan fingerprint density at radius 3 is 2.16 bits per heavy atom. The third-order valence-corrected chi connectivity index (χ3v) is 6.63. The second-order valence-electron chi connectivity index (χ2n) is 9.12. The first kappa shape index (κ1) is 23.0. The number of nitrogens with zero attached hydrogens (tertiary/aromatic N) is 1. The summed E-state index contributed by atoms with van der Waals surface area (Å²) in [6, 6.07) is 4.01. The Balaban J connectivity index is 1.40. The largest absolute Gasteiger partial charge is 0.376 e. The van der Waals surface area contributed by atoms with Gasteiger partial charge in [-0.15, -0.1) is 0 Å². The summed E-state index contributed by atoms with van der Waals surface area (Å²) in [5.74, 6) is -0.733. The number of ether oxygens (including phenoxy) is 2. The first-order valence-corrected chi connectivity index (χ1v) is 12.0. The van der Waals surface area contributed by atoms with Crippen LogP contribution in [0.3, 0.4) is 0 Å². The standard InChI is InChI=1S/C24H34FN3O4/c25-21-11-10-18(14-22(21)27-23(29)17-6-2-1-3-7-17)26-24(30)28(15-19-8-4-12-31-19)16-20-9-5-13-32-20/h10-11,14,17,19-20H,1-9,12-13,15-16H2,(H,26,30)(H,27,29)/t19-,20+. The Bertz CT molecular complexity index is 769. The molecule has 0 spiro atoms. The third kappa shape index (κ3) is 6.19. The van der Waals surface area contributed by atoms with Gasteiger partial charge in [0.25, 0.3) is 0 Å². The second kappa shape index (κ2) is 11.1. The zero-order valence-corrected chi connectivity index (χ0v) is 18.6. The molecule has 3 amide bonds. The molecule has 32 heavy (non-hydrogen) atoms. The molecule has 7 nitrogen and oxygen atoms in total. The van der Waals surface area contributed by atoms with Crippen molar-refractivity contribution in [3.63, 3.8) is 0 Å². The van der Waals surface area contributed by atoms with Crippen LogP contribution in [-0.2, 0) is 14.3 Å². The van der Waals surface area contributed by atoms with Crippen molar-refractivity contribution in [3.8, 4) is 0 Å². The fraction of sp³-hybridized carbons (Fsp3) is 0.667. The summed E-state index contributed by atoms with van der Waals surface area (Å²) in [5.41, 5.74) is 0.545. The molecule has 1 saturated carbocycles. The topological polar surface area (TPSA) is 79.9 Å². The summed E-state index contributed by atoms with van der Waals surface area (Å²) in [5, 5.41) is 5.59.